The number of ketones is 1. The molecule has 1 unspecified atom stereocenters. The summed E-state index contributed by atoms with van der Waals surface area (Å²) >= 11 is 0. The number of Topliss-reactive ketones (excluding diaryl/α,β-unsaturated/α-hetero) is 1. The van der Waals surface area contributed by atoms with E-state index in [-0.39, 0.29) is 43.3 Å². The number of β-lactam (4-membered cyclic amide) rings is 1. The normalized spacial score (nSPS) is 13.3. The van der Waals surface area contributed by atoms with Gasteiger partial charge in [-0.15, -0.1) is 0 Å². The predicted octanol–water partition coefficient (Wildman–Crippen LogP) is 4.43. The molecule has 1 N–H and O–H groups in total. The van der Waals surface area contributed by atoms with E-state index in [4.69, 9.17) is 9.47 Å². The van der Waals surface area contributed by atoms with Crippen LogP contribution >= 0.6 is 0 Å². The Hall–Kier alpha value is -3.27. The number of alkyl carbamates (subject to hydrolysis) is 1. The fourth-order valence-corrected chi connectivity index (χ4v) is 4.72. The Morgan fingerprint density at radius 1 is 0.952 bits per heavy atom. The lowest BCUT2D eigenvalue weighted by atomic mass is 9.90. The van der Waals surface area contributed by atoms with Gasteiger partial charge in [0, 0.05) is 51.9 Å². The average Bonchev–Trinajstić information content (AvgIpc) is 2.97. The van der Waals surface area contributed by atoms with Crippen molar-refractivity contribution in [2.45, 2.75) is 91.0 Å². The minimum atomic E-state index is -0.473. The molecular weight excluding hydrogens is 538 g/mol. The number of imide groups is 1. The molecule has 4 amide bonds. The van der Waals surface area contributed by atoms with E-state index < -0.39 is 6.09 Å². The minimum absolute atomic E-state index is 0.0703. The second-order valence-corrected chi connectivity index (χ2v) is 10.9. The van der Waals surface area contributed by atoms with Gasteiger partial charge in [0.05, 0.1) is 19.6 Å². The van der Waals surface area contributed by atoms with Crippen molar-refractivity contribution in [3.05, 3.63) is 35.4 Å². The molecule has 1 aromatic carbocycles. The van der Waals surface area contributed by atoms with Gasteiger partial charge in [0.1, 0.15) is 12.4 Å². The summed E-state index contributed by atoms with van der Waals surface area (Å²) in [4.78, 5) is 62.8. The van der Waals surface area contributed by atoms with Crippen LogP contribution in [-0.2, 0) is 41.6 Å². The van der Waals surface area contributed by atoms with Crippen molar-refractivity contribution in [3.63, 3.8) is 0 Å². The number of carbonyl (C=O) groups is 5. The first-order valence-corrected chi connectivity index (χ1v) is 15.4. The number of amides is 4. The average molecular weight is 588 g/mol. The SMILES string of the molecule is CCCCCC(CCCCNC(=O)OCCCOCC(=O)N(C)Cc1ccc(CC(=O)N2CCC2=O)cc1)C(=O)CC. The molecule has 0 aromatic heterocycles. The zero-order valence-corrected chi connectivity index (χ0v) is 25.7. The van der Waals surface area contributed by atoms with Gasteiger partial charge in [-0.25, -0.2) is 4.79 Å². The molecule has 0 aliphatic carbocycles. The quantitative estimate of drug-likeness (QED) is 0.167. The highest BCUT2D eigenvalue weighted by Gasteiger charge is 2.29. The Kier molecular flexibility index (Phi) is 16.4. The molecule has 1 fully saturated rings. The maximum Gasteiger partial charge on any atom is 0.407 e. The van der Waals surface area contributed by atoms with Crippen LogP contribution in [0.25, 0.3) is 0 Å². The lowest BCUT2D eigenvalue weighted by Gasteiger charge is -2.28. The number of nitrogens with zero attached hydrogens (tertiary/aromatic N) is 2. The summed E-state index contributed by atoms with van der Waals surface area (Å²) in [6.07, 6.45) is 8.14. The fraction of sp³-hybridized carbons (Fsp3) is 0.656. The van der Waals surface area contributed by atoms with E-state index in [0.29, 0.717) is 51.3 Å². The zero-order chi connectivity index (χ0) is 30.7. The number of carbonyl (C=O) groups excluding carboxylic acids is 5. The van der Waals surface area contributed by atoms with Crippen LogP contribution in [0.15, 0.2) is 24.3 Å². The molecule has 1 aliphatic rings. The highest BCUT2D eigenvalue weighted by atomic mass is 16.5. The maximum atomic E-state index is 12.4. The molecule has 0 radical (unpaired) electrons. The van der Waals surface area contributed by atoms with E-state index in [1.807, 2.05) is 31.2 Å². The van der Waals surface area contributed by atoms with E-state index in [1.54, 1.807) is 11.9 Å². The number of nitrogens with one attached hydrogen (secondary N) is 1. The third-order valence-electron chi connectivity index (χ3n) is 7.48. The van der Waals surface area contributed by atoms with Crippen molar-refractivity contribution >= 4 is 29.6 Å². The maximum absolute atomic E-state index is 12.4. The van der Waals surface area contributed by atoms with E-state index in [1.165, 1.54) is 4.90 Å². The topological polar surface area (TPSA) is 122 Å². The van der Waals surface area contributed by atoms with Crippen molar-refractivity contribution in [1.29, 1.82) is 0 Å². The largest absolute Gasteiger partial charge is 0.449 e. The van der Waals surface area contributed by atoms with Crippen molar-refractivity contribution < 1.29 is 33.4 Å². The van der Waals surface area contributed by atoms with E-state index in [2.05, 4.69) is 12.2 Å². The van der Waals surface area contributed by atoms with Gasteiger partial charge in [-0.05, 0) is 30.4 Å². The van der Waals surface area contributed by atoms with Gasteiger partial charge < -0.3 is 19.7 Å². The van der Waals surface area contributed by atoms with Crippen LogP contribution < -0.4 is 5.32 Å². The summed E-state index contributed by atoms with van der Waals surface area (Å²) in [6, 6.07) is 7.41. The third-order valence-corrected chi connectivity index (χ3v) is 7.48. The number of unbranched alkanes of at least 4 members (excludes halogenated alkanes) is 3. The monoisotopic (exact) mass is 587 g/mol. The van der Waals surface area contributed by atoms with Crippen molar-refractivity contribution in [2.24, 2.45) is 5.92 Å². The smallest absolute Gasteiger partial charge is 0.407 e. The molecule has 1 aromatic rings. The lowest BCUT2D eigenvalue weighted by molar-refractivity contribution is -0.152. The van der Waals surface area contributed by atoms with Crippen LogP contribution in [0.4, 0.5) is 4.79 Å². The molecule has 1 heterocycles. The second kappa shape index (κ2) is 19.8. The van der Waals surface area contributed by atoms with Crippen LogP contribution in [0.3, 0.4) is 0 Å². The number of likely N-dealkylation sites (N-methyl/N-ethyl adjacent to an activating group) is 1. The number of hydrogen-bond donors (Lipinski definition) is 1. The Bertz CT molecular complexity index is 1010. The molecule has 1 saturated heterocycles. The van der Waals surface area contributed by atoms with Crippen molar-refractivity contribution in [3.8, 4) is 0 Å². The molecular formula is C32H49N3O7. The number of hydrogen-bond acceptors (Lipinski definition) is 7. The summed E-state index contributed by atoms with van der Waals surface area (Å²) in [5.74, 6) is 0.000816. The van der Waals surface area contributed by atoms with Crippen LogP contribution in [0.5, 0.6) is 0 Å². The van der Waals surface area contributed by atoms with Crippen LogP contribution in [-0.4, -0.2) is 79.4 Å². The van der Waals surface area contributed by atoms with Gasteiger partial charge in [0.25, 0.3) is 0 Å². The van der Waals surface area contributed by atoms with Crippen LogP contribution in [0, 0.1) is 5.92 Å². The summed E-state index contributed by atoms with van der Waals surface area (Å²) in [5, 5.41) is 2.74. The van der Waals surface area contributed by atoms with Gasteiger partial charge >= 0.3 is 6.09 Å². The first-order valence-electron chi connectivity index (χ1n) is 15.4. The fourth-order valence-electron chi connectivity index (χ4n) is 4.72. The number of ether oxygens (including phenoxy) is 2. The molecule has 0 saturated carbocycles. The summed E-state index contributed by atoms with van der Waals surface area (Å²) < 4.78 is 10.6. The Morgan fingerprint density at radius 3 is 2.26 bits per heavy atom. The van der Waals surface area contributed by atoms with Crippen molar-refractivity contribution in [1.82, 2.24) is 15.1 Å². The third kappa shape index (κ3) is 13.1. The van der Waals surface area contributed by atoms with E-state index >= 15 is 0 Å². The van der Waals surface area contributed by atoms with Crippen molar-refractivity contribution in [2.75, 3.05) is 40.0 Å². The van der Waals surface area contributed by atoms with E-state index in [0.717, 1.165) is 56.1 Å². The minimum Gasteiger partial charge on any atom is -0.449 e. The molecule has 2 rings (SSSR count). The molecule has 42 heavy (non-hydrogen) atoms. The first-order chi connectivity index (χ1) is 20.2. The molecule has 10 heteroatoms. The van der Waals surface area contributed by atoms with Gasteiger partial charge in [-0.2, -0.15) is 0 Å². The first kappa shape index (κ1) is 34.9. The highest BCUT2D eigenvalue weighted by molar-refractivity contribution is 6.00. The molecule has 234 valence electrons. The lowest BCUT2D eigenvalue weighted by Crippen LogP contribution is -2.48. The van der Waals surface area contributed by atoms with Gasteiger partial charge in [-0.1, -0.05) is 63.8 Å². The number of benzene rings is 1. The second-order valence-electron chi connectivity index (χ2n) is 10.9. The summed E-state index contributed by atoms with van der Waals surface area (Å²) in [6.45, 7) is 5.91. The Balaban J connectivity index is 1.50. The predicted molar refractivity (Wildman–Crippen MR) is 160 cm³/mol. The van der Waals surface area contributed by atoms with Crippen LogP contribution in [0.1, 0.15) is 89.2 Å². The molecule has 1 atom stereocenters. The molecule has 0 bridgehead atoms. The standard InChI is InChI=1S/C32H49N3O7/c1-4-6-7-11-27(28(36)5-2)12-8-9-18-33-32(40)42-21-10-20-41-24-31(39)34(3)23-26-15-13-25(14-16-26)22-30(38)35-19-17-29(35)37/h13-16,27H,4-12,17-24H2,1-3H3,(H,33,40). The molecule has 10 nitrogen and oxygen atoms in total. The zero-order valence-electron chi connectivity index (χ0n) is 25.7. The Morgan fingerprint density at radius 2 is 1.64 bits per heavy atom. The number of likely N-dealkylation sites (tertiary alicyclic amines) is 1. The summed E-state index contributed by atoms with van der Waals surface area (Å²) in [7, 11) is 1.69. The van der Waals surface area contributed by atoms with Gasteiger partial charge in [0.15, 0.2) is 0 Å². The summed E-state index contributed by atoms with van der Waals surface area (Å²) in [5.41, 5.74) is 1.74. The highest BCUT2D eigenvalue weighted by Crippen LogP contribution is 2.19. The Labute approximate surface area is 250 Å². The molecule has 0 spiro atoms. The van der Waals surface area contributed by atoms with Crippen LogP contribution in [0.2, 0.25) is 0 Å². The molecule has 1 aliphatic heterocycles. The van der Waals surface area contributed by atoms with Gasteiger partial charge in [0.2, 0.25) is 17.7 Å². The van der Waals surface area contributed by atoms with E-state index in [9.17, 15) is 24.0 Å². The van der Waals surface area contributed by atoms with Gasteiger partial charge in [-0.3, -0.25) is 24.1 Å². The number of rotatable bonds is 21.